The van der Waals surface area contributed by atoms with Gasteiger partial charge in [-0.2, -0.15) is 0 Å². The lowest BCUT2D eigenvalue weighted by molar-refractivity contribution is -0.124. The number of carbonyl (C=O) groups is 1. The molecule has 4 N–H and O–H groups in total. The number of hydrogen-bond acceptors (Lipinski definition) is 3. The Bertz CT molecular complexity index is 423. The van der Waals surface area contributed by atoms with E-state index in [4.69, 9.17) is 16.2 Å². The van der Waals surface area contributed by atoms with E-state index in [1.54, 1.807) is 6.07 Å². The van der Waals surface area contributed by atoms with Crippen LogP contribution in [0, 0.1) is 5.82 Å². The highest BCUT2D eigenvalue weighted by Crippen LogP contribution is 2.20. The lowest BCUT2D eigenvalue weighted by atomic mass is 10.0. The molecule has 0 aromatic heterocycles. The highest BCUT2D eigenvalue weighted by atomic mass is 19.1. The van der Waals surface area contributed by atoms with Gasteiger partial charge in [-0.05, 0) is 37.5 Å². The molecule has 0 spiro atoms. The number of amides is 1. The van der Waals surface area contributed by atoms with Crippen molar-refractivity contribution in [3.05, 3.63) is 29.6 Å². The van der Waals surface area contributed by atoms with E-state index in [-0.39, 0.29) is 11.8 Å². The third-order valence-corrected chi connectivity index (χ3v) is 2.72. The van der Waals surface area contributed by atoms with E-state index in [9.17, 15) is 9.18 Å². The van der Waals surface area contributed by atoms with Gasteiger partial charge in [-0.25, -0.2) is 4.39 Å². The monoisotopic (exact) mass is 254 g/mol. The van der Waals surface area contributed by atoms with Crippen LogP contribution in [0.1, 0.15) is 25.8 Å². The first-order chi connectivity index (χ1) is 8.43. The van der Waals surface area contributed by atoms with E-state index in [0.29, 0.717) is 6.42 Å². The molecular formula is C13H19FN2O2. The van der Waals surface area contributed by atoms with Gasteiger partial charge in [-0.15, -0.1) is 0 Å². The molecule has 0 saturated heterocycles. The summed E-state index contributed by atoms with van der Waals surface area (Å²) in [6.45, 7) is 3.45. The van der Waals surface area contributed by atoms with Crippen LogP contribution in [-0.2, 0) is 11.2 Å². The number of primary amides is 1. The van der Waals surface area contributed by atoms with E-state index in [2.05, 4.69) is 0 Å². The minimum atomic E-state index is -0.858. The minimum absolute atomic E-state index is 0.0145. The Morgan fingerprint density at radius 1 is 1.50 bits per heavy atom. The van der Waals surface area contributed by atoms with E-state index < -0.39 is 17.8 Å². The summed E-state index contributed by atoms with van der Waals surface area (Å²) in [5, 5.41) is 0. The highest BCUT2D eigenvalue weighted by Gasteiger charge is 2.14. The fourth-order valence-electron chi connectivity index (χ4n) is 1.46. The van der Waals surface area contributed by atoms with Crippen LogP contribution in [0.4, 0.5) is 4.39 Å². The molecule has 4 nitrogen and oxygen atoms in total. The van der Waals surface area contributed by atoms with Gasteiger partial charge in [0.2, 0.25) is 0 Å². The summed E-state index contributed by atoms with van der Waals surface area (Å²) in [5.74, 6) is -1.12. The Balaban J connectivity index is 2.76. The summed E-state index contributed by atoms with van der Waals surface area (Å²) < 4.78 is 18.8. The van der Waals surface area contributed by atoms with Gasteiger partial charge in [0.25, 0.3) is 5.91 Å². The summed E-state index contributed by atoms with van der Waals surface area (Å²) in [6, 6.07) is 4.62. The molecular weight excluding hydrogens is 235 g/mol. The Morgan fingerprint density at radius 3 is 2.67 bits per heavy atom. The van der Waals surface area contributed by atoms with Crippen molar-refractivity contribution in [3.63, 3.8) is 0 Å². The zero-order valence-corrected chi connectivity index (χ0v) is 10.7. The van der Waals surface area contributed by atoms with Gasteiger partial charge in [0.1, 0.15) is 0 Å². The van der Waals surface area contributed by atoms with Gasteiger partial charge in [0, 0.05) is 6.04 Å². The maximum atomic E-state index is 13.7. The van der Waals surface area contributed by atoms with Gasteiger partial charge in [0.15, 0.2) is 17.7 Å². The maximum absolute atomic E-state index is 13.7. The lowest BCUT2D eigenvalue weighted by Crippen LogP contribution is -2.30. The topological polar surface area (TPSA) is 78.3 Å². The van der Waals surface area contributed by atoms with Gasteiger partial charge in [-0.3, -0.25) is 4.79 Å². The van der Waals surface area contributed by atoms with Crippen LogP contribution in [0.25, 0.3) is 0 Å². The zero-order chi connectivity index (χ0) is 13.7. The molecule has 1 rings (SSSR count). The predicted molar refractivity (Wildman–Crippen MR) is 67.7 cm³/mol. The third kappa shape index (κ3) is 4.00. The van der Waals surface area contributed by atoms with Crippen molar-refractivity contribution < 1.29 is 13.9 Å². The number of nitrogens with two attached hydrogens (primary N) is 2. The van der Waals surface area contributed by atoms with Crippen LogP contribution >= 0.6 is 0 Å². The molecule has 0 fully saturated rings. The molecule has 2 unspecified atom stereocenters. The molecule has 18 heavy (non-hydrogen) atoms. The first-order valence-electron chi connectivity index (χ1n) is 5.94. The predicted octanol–water partition coefficient (Wildman–Crippen LogP) is 1.36. The number of benzene rings is 1. The van der Waals surface area contributed by atoms with Crippen LogP contribution in [-0.4, -0.2) is 18.1 Å². The summed E-state index contributed by atoms with van der Waals surface area (Å²) in [4.78, 5) is 10.8. The molecule has 0 radical (unpaired) electrons. The second-order valence-electron chi connectivity index (χ2n) is 4.30. The van der Waals surface area contributed by atoms with Crippen LogP contribution in [0.5, 0.6) is 5.75 Å². The molecule has 0 bridgehead atoms. The average Bonchev–Trinajstić information content (AvgIpc) is 2.32. The van der Waals surface area contributed by atoms with Crippen molar-refractivity contribution in [1.29, 1.82) is 0 Å². The second kappa shape index (κ2) is 6.35. The van der Waals surface area contributed by atoms with Crippen molar-refractivity contribution in [3.8, 4) is 5.75 Å². The molecule has 0 heterocycles. The molecule has 1 aromatic carbocycles. The molecule has 0 saturated carbocycles. The molecule has 0 aliphatic heterocycles. The quantitative estimate of drug-likeness (QED) is 0.804. The fraction of sp³-hybridized carbons (Fsp3) is 0.462. The summed E-state index contributed by atoms with van der Waals surface area (Å²) in [5.41, 5.74) is 11.6. The van der Waals surface area contributed by atoms with Crippen LogP contribution in [0.2, 0.25) is 0 Å². The van der Waals surface area contributed by atoms with Crippen molar-refractivity contribution in [2.24, 2.45) is 11.5 Å². The number of halogens is 1. The van der Waals surface area contributed by atoms with E-state index in [0.717, 1.165) is 12.0 Å². The molecule has 1 amide bonds. The molecule has 1 aromatic rings. The molecule has 0 aliphatic carbocycles. The smallest absolute Gasteiger partial charge is 0.258 e. The Labute approximate surface area is 106 Å². The Kier molecular flexibility index (Phi) is 5.09. The van der Waals surface area contributed by atoms with E-state index >= 15 is 0 Å². The maximum Gasteiger partial charge on any atom is 0.258 e. The van der Waals surface area contributed by atoms with Gasteiger partial charge in [-0.1, -0.05) is 13.0 Å². The largest absolute Gasteiger partial charge is 0.478 e. The van der Waals surface area contributed by atoms with Crippen molar-refractivity contribution >= 4 is 5.91 Å². The standard InChI is InChI=1S/C13H19FN2O2/c1-3-10(15)6-9-4-5-12(11(14)7-9)18-8(2)13(16)17/h4-5,7-8,10H,3,6,15H2,1-2H3,(H2,16,17). The van der Waals surface area contributed by atoms with Gasteiger partial charge < -0.3 is 16.2 Å². The Morgan fingerprint density at radius 2 is 2.17 bits per heavy atom. The summed E-state index contributed by atoms with van der Waals surface area (Å²) in [6.07, 6.45) is 0.584. The molecule has 0 aliphatic rings. The first kappa shape index (κ1) is 14.4. The molecule has 100 valence electrons. The summed E-state index contributed by atoms with van der Waals surface area (Å²) >= 11 is 0. The van der Waals surface area contributed by atoms with Crippen molar-refractivity contribution in [2.75, 3.05) is 0 Å². The highest BCUT2D eigenvalue weighted by molar-refractivity contribution is 5.78. The van der Waals surface area contributed by atoms with E-state index in [1.807, 2.05) is 6.92 Å². The van der Waals surface area contributed by atoms with Crippen molar-refractivity contribution in [1.82, 2.24) is 0 Å². The van der Waals surface area contributed by atoms with Gasteiger partial charge >= 0.3 is 0 Å². The zero-order valence-electron chi connectivity index (χ0n) is 10.7. The van der Waals surface area contributed by atoms with Gasteiger partial charge in [0.05, 0.1) is 0 Å². The SMILES string of the molecule is CCC(N)Cc1ccc(OC(C)C(N)=O)c(F)c1. The number of ether oxygens (including phenoxy) is 1. The lowest BCUT2D eigenvalue weighted by Gasteiger charge is -2.13. The van der Waals surface area contributed by atoms with E-state index in [1.165, 1.54) is 19.1 Å². The average molecular weight is 254 g/mol. The normalized spacial score (nSPS) is 14.0. The minimum Gasteiger partial charge on any atom is -0.478 e. The fourth-order valence-corrected chi connectivity index (χ4v) is 1.46. The number of hydrogen-bond donors (Lipinski definition) is 2. The van der Waals surface area contributed by atoms with Crippen LogP contribution in [0.3, 0.4) is 0 Å². The third-order valence-electron chi connectivity index (χ3n) is 2.72. The summed E-state index contributed by atoms with van der Waals surface area (Å²) in [7, 11) is 0. The number of carbonyl (C=O) groups excluding carboxylic acids is 1. The second-order valence-corrected chi connectivity index (χ2v) is 4.30. The molecule has 5 heteroatoms. The number of rotatable bonds is 6. The Hall–Kier alpha value is -1.62. The van der Waals surface area contributed by atoms with Crippen LogP contribution in [0.15, 0.2) is 18.2 Å². The van der Waals surface area contributed by atoms with Crippen molar-refractivity contribution in [2.45, 2.75) is 38.8 Å². The first-order valence-corrected chi connectivity index (χ1v) is 5.94. The van der Waals surface area contributed by atoms with Crippen LogP contribution < -0.4 is 16.2 Å². The molecule has 2 atom stereocenters.